The molecule has 5 rings (SSSR count). The molecule has 4 heterocycles. The number of fused-ring (bicyclic) bond motifs is 3. The Labute approximate surface area is 180 Å². The van der Waals surface area contributed by atoms with Crippen LogP contribution in [0.15, 0.2) is 35.7 Å². The van der Waals surface area contributed by atoms with Crippen LogP contribution < -0.4 is 0 Å². The number of aryl methyl sites for hydroxylation is 1. The number of nitrogens with zero attached hydrogens (tertiary/aromatic N) is 4. The monoisotopic (exact) mass is 426 g/mol. The quantitative estimate of drug-likeness (QED) is 0.739. The molecule has 1 aromatic carbocycles. The van der Waals surface area contributed by atoms with Gasteiger partial charge in [-0.15, -0.1) is 11.3 Å². The molecule has 3 amide bonds. The van der Waals surface area contributed by atoms with Crippen molar-refractivity contribution in [3.8, 4) is 0 Å². The third kappa shape index (κ3) is 2.81. The lowest BCUT2D eigenvalue weighted by Gasteiger charge is -2.45. The van der Waals surface area contributed by atoms with Crippen molar-refractivity contribution >= 4 is 23.3 Å². The highest BCUT2D eigenvalue weighted by Crippen LogP contribution is 2.52. The molecule has 0 radical (unpaired) electrons. The van der Waals surface area contributed by atoms with Crippen molar-refractivity contribution in [3.63, 3.8) is 0 Å². The van der Waals surface area contributed by atoms with Crippen LogP contribution in [0.3, 0.4) is 0 Å². The van der Waals surface area contributed by atoms with E-state index in [4.69, 9.17) is 9.72 Å². The Morgan fingerprint density at radius 2 is 1.87 bits per heavy atom. The van der Waals surface area contributed by atoms with Crippen molar-refractivity contribution < 1.29 is 14.3 Å². The number of rotatable bonds is 2. The Hall–Kier alpha value is -2.29. The summed E-state index contributed by atoms with van der Waals surface area (Å²) in [4.78, 5) is 36.4. The van der Waals surface area contributed by atoms with Gasteiger partial charge in [0.05, 0.1) is 24.1 Å². The van der Waals surface area contributed by atoms with E-state index in [1.807, 2.05) is 30.5 Å². The van der Waals surface area contributed by atoms with Gasteiger partial charge in [-0.05, 0) is 19.4 Å². The van der Waals surface area contributed by atoms with Crippen LogP contribution in [-0.2, 0) is 9.53 Å². The fourth-order valence-electron chi connectivity index (χ4n) is 5.44. The van der Waals surface area contributed by atoms with Gasteiger partial charge in [-0.1, -0.05) is 30.3 Å². The summed E-state index contributed by atoms with van der Waals surface area (Å²) in [5.74, 6) is -0.462. The highest BCUT2D eigenvalue weighted by atomic mass is 32.1. The van der Waals surface area contributed by atoms with Crippen LogP contribution in [0.1, 0.15) is 35.3 Å². The van der Waals surface area contributed by atoms with E-state index in [-0.39, 0.29) is 48.2 Å². The second kappa shape index (κ2) is 7.14. The minimum absolute atomic E-state index is 0.00402. The zero-order chi connectivity index (χ0) is 21.2. The number of ether oxygens (including phenoxy) is 1. The number of hydrogen-bond donors (Lipinski definition) is 0. The van der Waals surface area contributed by atoms with Crippen LogP contribution in [0, 0.1) is 12.8 Å². The number of urea groups is 1. The number of carbonyl (C=O) groups excluding carboxylic acids is 2. The smallest absolute Gasteiger partial charge is 0.326 e. The Bertz CT molecular complexity index is 980. The van der Waals surface area contributed by atoms with Gasteiger partial charge < -0.3 is 9.64 Å². The van der Waals surface area contributed by atoms with Crippen LogP contribution >= 0.6 is 11.3 Å². The number of hydrogen-bond acceptors (Lipinski definition) is 6. The molecule has 3 aliphatic heterocycles. The standard InChI is InChI=1S/C22H26N4O3S/c1-12-11-30-20(23-12)19-18-17-15(21(27)25(4)22(28)24(17)3)16(14-8-6-5-7-9-14)26(18)10-13(2)29-19/h5-9,11,13,15-19H,10H2,1-4H3. The number of thiazole rings is 1. The molecule has 0 spiro atoms. The van der Waals surface area contributed by atoms with Crippen LogP contribution in [-0.4, -0.2) is 70.4 Å². The molecular formula is C22H26N4O3S. The molecule has 6 unspecified atom stereocenters. The Balaban J connectivity index is 1.67. The molecule has 3 fully saturated rings. The summed E-state index contributed by atoms with van der Waals surface area (Å²) in [6.45, 7) is 4.75. The number of amides is 3. The van der Waals surface area contributed by atoms with E-state index in [1.54, 1.807) is 30.3 Å². The van der Waals surface area contributed by atoms with Gasteiger partial charge in [0.15, 0.2) is 0 Å². The zero-order valence-corrected chi connectivity index (χ0v) is 18.4. The summed E-state index contributed by atoms with van der Waals surface area (Å²) >= 11 is 1.59. The lowest BCUT2D eigenvalue weighted by atomic mass is 9.85. The molecule has 8 heteroatoms. The van der Waals surface area contributed by atoms with E-state index < -0.39 is 0 Å². The van der Waals surface area contributed by atoms with E-state index in [9.17, 15) is 9.59 Å². The second-order valence-electron chi connectivity index (χ2n) is 8.54. The molecule has 0 N–H and O–H groups in total. The van der Waals surface area contributed by atoms with Crippen LogP contribution in [0.4, 0.5) is 4.79 Å². The van der Waals surface area contributed by atoms with Gasteiger partial charge in [-0.25, -0.2) is 9.78 Å². The number of imide groups is 1. The molecule has 0 aliphatic carbocycles. The molecule has 0 bridgehead atoms. The van der Waals surface area contributed by atoms with Gasteiger partial charge in [0.2, 0.25) is 5.91 Å². The first-order valence-corrected chi connectivity index (χ1v) is 11.2. The number of carbonyl (C=O) groups is 2. The summed E-state index contributed by atoms with van der Waals surface area (Å²) in [5.41, 5.74) is 2.06. The SMILES string of the molecule is Cc1csc(C2OC(C)CN3C(c4ccccc4)C4C(=O)N(C)C(=O)N(C)C4C23)n1. The molecule has 30 heavy (non-hydrogen) atoms. The highest BCUT2D eigenvalue weighted by molar-refractivity contribution is 7.09. The third-order valence-corrected chi connectivity index (χ3v) is 7.65. The second-order valence-corrected chi connectivity index (χ2v) is 9.43. The molecule has 7 nitrogen and oxygen atoms in total. The minimum atomic E-state index is -0.345. The third-order valence-electron chi connectivity index (χ3n) is 6.63. The lowest BCUT2D eigenvalue weighted by molar-refractivity contribution is -0.137. The van der Waals surface area contributed by atoms with Gasteiger partial charge in [-0.2, -0.15) is 0 Å². The Morgan fingerprint density at radius 1 is 1.13 bits per heavy atom. The van der Waals surface area contributed by atoms with E-state index >= 15 is 0 Å². The normalized spacial score (nSPS) is 34.3. The molecular weight excluding hydrogens is 400 g/mol. The highest BCUT2D eigenvalue weighted by Gasteiger charge is 2.62. The van der Waals surface area contributed by atoms with Gasteiger partial charge >= 0.3 is 6.03 Å². The number of benzene rings is 1. The topological polar surface area (TPSA) is 66.0 Å². The van der Waals surface area contributed by atoms with Crippen molar-refractivity contribution in [2.75, 3.05) is 20.6 Å². The van der Waals surface area contributed by atoms with Gasteiger partial charge in [-0.3, -0.25) is 14.6 Å². The molecule has 0 saturated carbocycles. The summed E-state index contributed by atoms with van der Waals surface area (Å²) in [7, 11) is 3.38. The predicted molar refractivity (Wildman–Crippen MR) is 113 cm³/mol. The molecule has 3 aliphatic rings. The first-order valence-electron chi connectivity index (χ1n) is 10.3. The zero-order valence-electron chi connectivity index (χ0n) is 17.6. The molecule has 158 valence electrons. The first-order chi connectivity index (χ1) is 14.4. The van der Waals surface area contributed by atoms with Crippen molar-refractivity contribution in [1.82, 2.24) is 19.7 Å². The van der Waals surface area contributed by atoms with Crippen LogP contribution in [0.25, 0.3) is 0 Å². The van der Waals surface area contributed by atoms with Gasteiger partial charge in [0.1, 0.15) is 11.1 Å². The molecule has 1 aromatic heterocycles. The van der Waals surface area contributed by atoms with E-state index in [1.165, 1.54) is 4.90 Å². The van der Waals surface area contributed by atoms with Crippen LogP contribution in [0.2, 0.25) is 0 Å². The molecule has 6 atom stereocenters. The summed E-state index contributed by atoms with van der Waals surface area (Å²) in [6, 6.07) is 9.39. The van der Waals surface area contributed by atoms with Crippen LogP contribution in [0.5, 0.6) is 0 Å². The predicted octanol–water partition coefficient (Wildman–Crippen LogP) is 2.85. The molecule has 3 saturated heterocycles. The lowest BCUT2D eigenvalue weighted by Crippen LogP contribution is -2.62. The maximum absolute atomic E-state index is 13.4. The van der Waals surface area contributed by atoms with E-state index in [0.29, 0.717) is 6.54 Å². The minimum Gasteiger partial charge on any atom is -0.365 e. The van der Waals surface area contributed by atoms with Gasteiger partial charge in [0, 0.05) is 37.8 Å². The van der Waals surface area contributed by atoms with Crippen molar-refractivity contribution in [1.29, 1.82) is 0 Å². The number of likely N-dealkylation sites (N-methyl/N-ethyl adjacent to an activating group) is 1. The van der Waals surface area contributed by atoms with E-state index in [0.717, 1.165) is 16.3 Å². The Morgan fingerprint density at radius 3 is 2.53 bits per heavy atom. The number of morpholine rings is 1. The van der Waals surface area contributed by atoms with Crippen molar-refractivity contribution in [3.05, 3.63) is 52.0 Å². The summed E-state index contributed by atoms with van der Waals surface area (Å²) in [6.07, 6.45) is -0.282. The average molecular weight is 427 g/mol. The van der Waals surface area contributed by atoms with Crippen molar-refractivity contribution in [2.24, 2.45) is 5.92 Å². The summed E-state index contributed by atoms with van der Waals surface area (Å²) < 4.78 is 6.42. The maximum atomic E-state index is 13.4. The van der Waals surface area contributed by atoms with Crippen molar-refractivity contribution in [2.45, 2.75) is 44.2 Å². The summed E-state index contributed by atoms with van der Waals surface area (Å²) in [5, 5.41) is 2.94. The Kier molecular flexibility index (Phi) is 4.68. The van der Waals surface area contributed by atoms with E-state index in [2.05, 4.69) is 24.0 Å². The average Bonchev–Trinajstić information content (AvgIpc) is 3.32. The molecule has 2 aromatic rings. The largest absolute Gasteiger partial charge is 0.365 e. The first kappa shape index (κ1) is 19.7. The maximum Gasteiger partial charge on any atom is 0.326 e. The fourth-order valence-corrected chi connectivity index (χ4v) is 6.31. The number of aromatic nitrogens is 1. The van der Waals surface area contributed by atoms with Gasteiger partial charge in [0.25, 0.3) is 0 Å². The fraction of sp³-hybridized carbons (Fsp3) is 0.500.